The van der Waals surface area contributed by atoms with Crippen LogP contribution in [-0.4, -0.2) is 29.5 Å². The van der Waals surface area contributed by atoms with E-state index in [1.54, 1.807) is 7.11 Å². The Morgan fingerprint density at radius 2 is 2.00 bits per heavy atom. The van der Waals surface area contributed by atoms with Gasteiger partial charge in [0.05, 0.1) is 11.8 Å². The van der Waals surface area contributed by atoms with Crippen LogP contribution in [0.3, 0.4) is 0 Å². The Morgan fingerprint density at radius 1 is 1.24 bits per heavy atom. The largest absolute Gasteiger partial charge is 0.375 e. The van der Waals surface area contributed by atoms with E-state index < -0.39 is 0 Å². The molecule has 0 aliphatic carbocycles. The van der Waals surface area contributed by atoms with Gasteiger partial charge in [-0.05, 0) is 24.6 Å². The Morgan fingerprint density at radius 3 is 2.57 bits per heavy atom. The monoisotopic (exact) mass is 287 g/mol. The lowest BCUT2D eigenvalue weighted by Gasteiger charge is -2.27. The predicted octanol–water partition coefficient (Wildman–Crippen LogP) is 2.72. The molecule has 4 nitrogen and oxygen atoms in total. The molecule has 0 saturated heterocycles. The SMILES string of the molecule is CCCNC(Cc1ccn(C)n1)C(OC)c1ccccc1. The fraction of sp³-hybridized carbons (Fsp3) is 0.471. The van der Waals surface area contributed by atoms with Gasteiger partial charge in [0.2, 0.25) is 0 Å². The van der Waals surface area contributed by atoms with Gasteiger partial charge >= 0.3 is 0 Å². The van der Waals surface area contributed by atoms with Crippen molar-refractivity contribution in [1.29, 1.82) is 0 Å². The first-order chi connectivity index (χ1) is 10.2. The summed E-state index contributed by atoms with van der Waals surface area (Å²) in [6.45, 7) is 3.15. The zero-order chi connectivity index (χ0) is 15.1. The number of rotatable bonds is 8. The molecule has 0 radical (unpaired) electrons. The van der Waals surface area contributed by atoms with Crippen molar-refractivity contribution < 1.29 is 4.74 Å². The maximum atomic E-state index is 5.78. The maximum Gasteiger partial charge on any atom is 0.0977 e. The molecule has 2 rings (SSSR count). The van der Waals surface area contributed by atoms with Gasteiger partial charge in [0, 0.05) is 32.8 Å². The van der Waals surface area contributed by atoms with Crippen LogP contribution in [0.5, 0.6) is 0 Å². The fourth-order valence-electron chi connectivity index (χ4n) is 2.59. The van der Waals surface area contributed by atoms with Crippen LogP contribution in [0, 0.1) is 0 Å². The Labute approximate surface area is 127 Å². The van der Waals surface area contributed by atoms with Gasteiger partial charge in [0.1, 0.15) is 0 Å². The molecule has 4 heteroatoms. The summed E-state index contributed by atoms with van der Waals surface area (Å²) in [5.74, 6) is 0. The van der Waals surface area contributed by atoms with Gasteiger partial charge in [-0.2, -0.15) is 5.10 Å². The van der Waals surface area contributed by atoms with Crippen molar-refractivity contribution in [2.24, 2.45) is 7.05 Å². The van der Waals surface area contributed by atoms with E-state index in [0.717, 1.165) is 25.1 Å². The van der Waals surface area contributed by atoms with E-state index in [2.05, 4.69) is 47.7 Å². The van der Waals surface area contributed by atoms with Crippen LogP contribution >= 0.6 is 0 Å². The number of hydrogen-bond donors (Lipinski definition) is 1. The third kappa shape index (κ3) is 4.41. The Hall–Kier alpha value is -1.65. The quantitative estimate of drug-likeness (QED) is 0.811. The molecule has 114 valence electrons. The van der Waals surface area contributed by atoms with E-state index in [4.69, 9.17) is 4.74 Å². The lowest BCUT2D eigenvalue weighted by atomic mass is 9.98. The number of methoxy groups -OCH3 is 1. The second kappa shape index (κ2) is 7.96. The third-order valence-electron chi connectivity index (χ3n) is 3.60. The molecule has 1 aromatic heterocycles. The number of ether oxygens (including phenoxy) is 1. The summed E-state index contributed by atoms with van der Waals surface area (Å²) in [7, 11) is 3.72. The van der Waals surface area contributed by atoms with Crippen molar-refractivity contribution in [2.45, 2.75) is 31.9 Å². The normalized spacial score (nSPS) is 14.0. The van der Waals surface area contributed by atoms with E-state index in [9.17, 15) is 0 Å². The van der Waals surface area contributed by atoms with Crippen molar-refractivity contribution in [1.82, 2.24) is 15.1 Å². The summed E-state index contributed by atoms with van der Waals surface area (Å²) in [6.07, 6.45) is 3.97. The summed E-state index contributed by atoms with van der Waals surface area (Å²) >= 11 is 0. The van der Waals surface area contributed by atoms with Crippen molar-refractivity contribution in [2.75, 3.05) is 13.7 Å². The van der Waals surface area contributed by atoms with Crippen LogP contribution in [0.2, 0.25) is 0 Å². The summed E-state index contributed by atoms with van der Waals surface area (Å²) < 4.78 is 7.62. The predicted molar refractivity (Wildman–Crippen MR) is 85.2 cm³/mol. The minimum atomic E-state index is 0.0276. The van der Waals surface area contributed by atoms with Gasteiger partial charge in [0.15, 0.2) is 0 Å². The summed E-state index contributed by atoms with van der Waals surface area (Å²) in [6, 6.07) is 12.7. The molecule has 0 aliphatic rings. The van der Waals surface area contributed by atoms with Gasteiger partial charge in [-0.15, -0.1) is 0 Å². The van der Waals surface area contributed by atoms with Crippen LogP contribution in [-0.2, 0) is 18.2 Å². The Kier molecular flexibility index (Phi) is 5.96. The first kappa shape index (κ1) is 15.7. The summed E-state index contributed by atoms with van der Waals surface area (Å²) in [5.41, 5.74) is 2.29. The Balaban J connectivity index is 2.16. The van der Waals surface area contributed by atoms with Gasteiger partial charge in [0.25, 0.3) is 0 Å². The molecule has 0 amide bonds. The molecule has 21 heavy (non-hydrogen) atoms. The van der Waals surface area contributed by atoms with Crippen LogP contribution in [0.25, 0.3) is 0 Å². The lowest BCUT2D eigenvalue weighted by molar-refractivity contribution is 0.0675. The van der Waals surface area contributed by atoms with Gasteiger partial charge in [-0.3, -0.25) is 4.68 Å². The smallest absolute Gasteiger partial charge is 0.0977 e. The molecule has 0 fully saturated rings. The van der Waals surface area contributed by atoms with Crippen LogP contribution in [0.15, 0.2) is 42.6 Å². The van der Waals surface area contributed by atoms with Gasteiger partial charge in [-0.25, -0.2) is 0 Å². The average Bonchev–Trinajstić information content (AvgIpc) is 2.91. The topological polar surface area (TPSA) is 39.1 Å². The minimum absolute atomic E-state index is 0.0276. The molecule has 1 heterocycles. The molecule has 0 saturated carbocycles. The highest BCUT2D eigenvalue weighted by Crippen LogP contribution is 2.22. The van der Waals surface area contributed by atoms with Crippen molar-refractivity contribution >= 4 is 0 Å². The average molecular weight is 287 g/mol. The van der Waals surface area contributed by atoms with Gasteiger partial charge in [-0.1, -0.05) is 37.3 Å². The highest BCUT2D eigenvalue weighted by molar-refractivity contribution is 5.20. The highest BCUT2D eigenvalue weighted by Gasteiger charge is 2.23. The molecule has 0 spiro atoms. The molecular formula is C17H25N3O. The first-order valence-corrected chi connectivity index (χ1v) is 7.54. The van der Waals surface area contributed by atoms with Crippen molar-refractivity contribution in [3.63, 3.8) is 0 Å². The van der Waals surface area contributed by atoms with Crippen molar-refractivity contribution in [3.05, 3.63) is 53.9 Å². The number of benzene rings is 1. The molecule has 0 bridgehead atoms. The van der Waals surface area contributed by atoms with Crippen molar-refractivity contribution in [3.8, 4) is 0 Å². The number of aromatic nitrogens is 2. The van der Waals surface area contributed by atoms with E-state index >= 15 is 0 Å². The standard InChI is InChI=1S/C17H25N3O/c1-4-11-18-16(13-15-10-12-20(2)19-15)17(21-3)14-8-6-5-7-9-14/h5-10,12,16-18H,4,11,13H2,1-3H3. The molecule has 2 unspecified atom stereocenters. The maximum absolute atomic E-state index is 5.78. The highest BCUT2D eigenvalue weighted by atomic mass is 16.5. The number of aryl methyl sites for hydroxylation is 1. The molecule has 2 atom stereocenters. The van der Waals surface area contributed by atoms with Crippen LogP contribution < -0.4 is 5.32 Å². The second-order valence-electron chi connectivity index (χ2n) is 5.31. The summed E-state index contributed by atoms with van der Waals surface area (Å²) in [5, 5.41) is 8.09. The van der Waals surface area contributed by atoms with Crippen LogP contribution in [0.4, 0.5) is 0 Å². The Bertz CT molecular complexity index is 524. The zero-order valence-electron chi connectivity index (χ0n) is 13.1. The molecule has 1 aromatic carbocycles. The number of nitrogens with one attached hydrogen (secondary N) is 1. The fourth-order valence-corrected chi connectivity index (χ4v) is 2.59. The van der Waals surface area contributed by atoms with E-state index in [1.165, 1.54) is 5.56 Å². The molecular weight excluding hydrogens is 262 g/mol. The minimum Gasteiger partial charge on any atom is -0.375 e. The van der Waals surface area contributed by atoms with Crippen LogP contribution in [0.1, 0.15) is 30.7 Å². The first-order valence-electron chi connectivity index (χ1n) is 7.54. The van der Waals surface area contributed by atoms with E-state index in [-0.39, 0.29) is 12.1 Å². The molecule has 0 aliphatic heterocycles. The molecule has 2 aromatic rings. The third-order valence-corrected chi connectivity index (χ3v) is 3.60. The summed E-state index contributed by atoms with van der Waals surface area (Å²) in [4.78, 5) is 0. The second-order valence-corrected chi connectivity index (χ2v) is 5.31. The molecule has 1 N–H and O–H groups in total. The number of nitrogens with zero attached hydrogens (tertiary/aromatic N) is 2. The lowest BCUT2D eigenvalue weighted by Crippen LogP contribution is -2.38. The van der Waals surface area contributed by atoms with Gasteiger partial charge < -0.3 is 10.1 Å². The van der Waals surface area contributed by atoms with E-state index in [1.807, 2.05) is 24.0 Å². The number of hydrogen-bond acceptors (Lipinski definition) is 3. The zero-order valence-corrected chi connectivity index (χ0v) is 13.1. The van der Waals surface area contributed by atoms with E-state index in [0.29, 0.717) is 0 Å².